The molecule has 31 heavy (non-hydrogen) atoms. The van der Waals surface area contributed by atoms with Crippen molar-refractivity contribution >= 4 is 17.1 Å². The summed E-state index contributed by atoms with van der Waals surface area (Å²) in [7, 11) is 2.03. The normalized spacial score (nSPS) is 16.8. The molecule has 0 aliphatic carbocycles. The summed E-state index contributed by atoms with van der Waals surface area (Å²) >= 11 is 0. The van der Waals surface area contributed by atoms with Crippen molar-refractivity contribution in [3.63, 3.8) is 0 Å². The summed E-state index contributed by atoms with van der Waals surface area (Å²) in [5, 5.41) is 7.62. The zero-order chi connectivity index (χ0) is 21.8. The van der Waals surface area contributed by atoms with Crippen LogP contribution < -0.4 is 40.2 Å². The summed E-state index contributed by atoms with van der Waals surface area (Å²) in [6.45, 7) is 14.6. The average molecular weight is 430 g/mol. The topological polar surface area (TPSA) is 55.4 Å². The van der Waals surface area contributed by atoms with Crippen molar-refractivity contribution in [2.45, 2.75) is 45.7 Å². The number of aryl methyl sites for hydroxylation is 1. The average Bonchev–Trinajstić information content (AvgIpc) is 3.41. The Morgan fingerprint density at radius 2 is 2.10 bits per heavy atom. The Bertz CT molecular complexity index is 868. The Morgan fingerprint density at radius 3 is 2.68 bits per heavy atom. The van der Waals surface area contributed by atoms with Gasteiger partial charge in [-0.1, -0.05) is 38.1 Å². The molecule has 0 amide bonds. The van der Waals surface area contributed by atoms with E-state index >= 15 is 0 Å². The van der Waals surface area contributed by atoms with E-state index in [1.54, 1.807) is 6.20 Å². The zero-order valence-electron chi connectivity index (χ0n) is 19.7. The molecule has 0 spiro atoms. The maximum Gasteiger partial charge on any atom is 1.00 e. The van der Waals surface area contributed by atoms with Gasteiger partial charge in [-0.15, -0.1) is 11.8 Å². The fraction of sp³-hybridized carbons (Fsp3) is 0.400. The second-order valence-corrected chi connectivity index (χ2v) is 7.72. The predicted molar refractivity (Wildman–Crippen MR) is 130 cm³/mol. The molecule has 1 unspecified atom stereocenters. The quantitative estimate of drug-likeness (QED) is 0.502. The molecule has 6 heteroatoms. The third-order valence-corrected chi connectivity index (χ3v) is 5.12. The first-order valence-electron chi connectivity index (χ1n) is 10.6. The molecule has 162 valence electrons. The largest absolute Gasteiger partial charge is 1.00 e. The first-order valence-corrected chi connectivity index (χ1v) is 10.6. The number of nitrogens with one attached hydrogen (secondary N) is 3. The molecule has 0 bridgehead atoms. The van der Waals surface area contributed by atoms with Crippen molar-refractivity contribution in [1.29, 1.82) is 0 Å². The molecular formula is C25H36N5Na. The van der Waals surface area contributed by atoms with E-state index in [0.29, 0.717) is 6.04 Å². The summed E-state index contributed by atoms with van der Waals surface area (Å²) < 4.78 is 0. The van der Waals surface area contributed by atoms with Crippen LogP contribution in [0.25, 0.3) is 10.9 Å². The SMILES string of the molecule is C=CN1CCCC(NC)C1.C=CNCc1cc2cc(C)ccc2[nH]1.CC1=CN=[C-]C1.[Na+]. The van der Waals surface area contributed by atoms with Gasteiger partial charge in [0.25, 0.3) is 0 Å². The Morgan fingerprint density at radius 1 is 1.29 bits per heavy atom. The molecule has 5 nitrogen and oxygen atoms in total. The second-order valence-electron chi connectivity index (χ2n) is 7.72. The first kappa shape index (κ1) is 27.2. The molecule has 3 N–H and O–H groups in total. The molecule has 0 radical (unpaired) electrons. The third kappa shape index (κ3) is 9.92. The van der Waals surface area contributed by atoms with Crippen LogP contribution in [-0.2, 0) is 6.54 Å². The van der Waals surface area contributed by atoms with Crippen molar-refractivity contribution < 1.29 is 29.6 Å². The van der Waals surface area contributed by atoms with Crippen LogP contribution >= 0.6 is 0 Å². The molecule has 2 aliphatic rings. The number of aromatic nitrogens is 1. The summed E-state index contributed by atoms with van der Waals surface area (Å²) in [5.41, 5.74) is 4.97. The van der Waals surface area contributed by atoms with Crippen molar-refractivity contribution in [1.82, 2.24) is 20.5 Å². The number of nitrogens with zero attached hydrogens (tertiary/aromatic N) is 2. The van der Waals surface area contributed by atoms with Gasteiger partial charge in [0.2, 0.25) is 0 Å². The summed E-state index contributed by atoms with van der Waals surface area (Å²) in [4.78, 5) is 9.37. The Kier molecular flexibility index (Phi) is 13.3. The van der Waals surface area contributed by atoms with Crippen molar-refractivity contribution in [3.8, 4) is 0 Å². The summed E-state index contributed by atoms with van der Waals surface area (Å²) in [6.07, 6.45) is 11.8. The van der Waals surface area contributed by atoms with Gasteiger partial charge in [-0.05, 0) is 62.8 Å². The van der Waals surface area contributed by atoms with Crippen molar-refractivity contribution in [3.05, 3.63) is 72.9 Å². The van der Waals surface area contributed by atoms with E-state index in [4.69, 9.17) is 0 Å². The van der Waals surface area contributed by atoms with E-state index in [1.165, 1.54) is 47.1 Å². The maximum atomic E-state index is 3.75. The van der Waals surface area contributed by atoms with Gasteiger partial charge in [-0.3, -0.25) is 0 Å². The van der Waals surface area contributed by atoms with Gasteiger partial charge >= 0.3 is 29.6 Å². The number of benzene rings is 1. The first-order chi connectivity index (χ1) is 14.5. The van der Waals surface area contributed by atoms with Gasteiger partial charge in [0.1, 0.15) is 0 Å². The molecule has 1 aromatic heterocycles. The van der Waals surface area contributed by atoms with E-state index in [1.807, 2.05) is 26.4 Å². The monoisotopic (exact) mass is 429 g/mol. The van der Waals surface area contributed by atoms with E-state index in [-0.39, 0.29) is 29.6 Å². The minimum absolute atomic E-state index is 0. The molecule has 1 saturated heterocycles. The molecular weight excluding hydrogens is 393 g/mol. The van der Waals surface area contributed by atoms with Gasteiger partial charge in [-0.25, -0.2) is 0 Å². The number of allylic oxidation sites excluding steroid dienone is 1. The zero-order valence-corrected chi connectivity index (χ0v) is 21.7. The summed E-state index contributed by atoms with van der Waals surface area (Å²) in [5.74, 6) is 0. The molecule has 1 aromatic carbocycles. The van der Waals surface area contributed by atoms with Crippen LogP contribution in [-0.4, -0.2) is 42.3 Å². The van der Waals surface area contributed by atoms with Crippen LogP contribution in [0.3, 0.4) is 0 Å². The number of hydrogen-bond acceptors (Lipinski definition) is 4. The standard InChI is InChI=1S/C12H14N2.C8H16N2.C5H6N.Na/c1-3-13-8-11-7-10-6-9(2)4-5-12(10)14-11;1-3-10-6-4-5-8(7-10)9-2;1-5-2-3-6-4-5;/h3-7,13-14H,1,8H2,2H3;3,8-9H,1,4-7H2,2H3;4H,2H2,1H3;/q;;-1;+1. The molecule has 0 saturated carbocycles. The Balaban J connectivity index is 0.000000248. The number of aliphatic imine (C=N–C) groups is 1. The summed E-state index contributed by atoms with van der Waals surface area (Å²) in [6, 6.07) is 9.25. The predicted octanol–water partition coefficient (Wildman–Crippen LogP) is 1.77. The van der Waals surface area contributed by atoms with Crippen LogP contribution in [0.15, 0.2) is 66.6 Å². The van der Waals surface area contributed by atoms with Gasteiger partial charge in [0, 0.05) is 30.3 Å². The van der Waals surface area contributed by atoms with Crippen molar-refractivity contribution in [2.75, 3.05) is 20.1 Å². The van der Waals surface area contributed by atoms with E-state index in [0.717, 1.165) is 19.5 Å². The third-order valence-electron chi connectivity index (χ3n) is 5.12. The number of fused-ring (bicyclic) bond motifs is 1. The minimum atomic E-state index is 0. The van der Waals surface area contributed by atoms with Crippen LogP contribution in [0.2, 0.25) is 0 Å². The van der Waals surface area contributed by atoms with E-state index < -0.39 is 0 Å². The number of likely N-dealkylation sites (tertiary alicyclic amines) is 1. The fourth-order valence-corrected chi connectivity index (χ4v) is 3.37. The Hall–Kier alpha value is -1.79. The molecule has 3 heterocycles. The Labute approximate surface area is 210 Å². The van der Waals surface area contributed by atoms with Crippen LogP contribution in [0.5, 0.6) is 0 Å². The molecule has 4 rings (SSSR count). The van der Waals surface area contributed by atoms with E-state index in [2.05, 4.69) is 76.1 Å². The number of aromatic amines is 1. The number of rotatable bonds is 5. The second kappa shape index (κ2) is 15.1. The molecule has 1 fully saturated rings. The fourth-order valence-electron chi connectivity index (χ4n) is 3.37. The smallest absolute Gasteiger partial charge is 0.463 e. The number of piperidine rings is 1. The number of hydrogen-bond donors (Lipinski definition) is 3. The van der Waals surface area contributed by atoms with Gasteiger partial charge in [-0.2, -0.15) is 6.21 Å². The van der Waals surface area contributed by atoms with Gasteiger partial charge in [0.05, 0.1) is 6.54 Å². The van der Waals surface area contributed by atoms with Crippen molar-refractivity contribution in [2.24, 2.45) is 4.99 Å². The number of likely N-dealkylation sites (N-methyl/N-ethyl adjacent to an activating group) is 1. The van der Waals surface area contributed by atoms with Crippen LogP contribution in [0, 0.1) is 6.92 Å². The van der Waals surface area contributed by atoms with Crippen LogP contribution in [0.1, 0.15) is 37.4 Å². The van der Waals surface area contributed by atoms with Crippen LogP contribution in [0.4, 0.5) is 0 Å². The maximum absolute atomic E-state index is 3.75. The minimum Gasteiger partial charge on any atom is -0.463 e. The molecule has 2 aromatic rings. The van der Waals surface area contributed by atoms with E-state index in [9.17, 15) is 0 Å². The van der Waals surface area contributed by atoms with Gasteiger partial charge < -0.3 is 25.5 Å². The molecule has 2 aliphatic heterocycles. The molecule has 1 atom stereocenters. The number of H-pyrrole nitrogens is 1. The van der Waals surface area contributed by atoms with Gasteiger partial charge in [0.15, 0.2) is 0 Å².